The first kappa shape index (κ1) is 14.3. The zero-order chi connectivity index (χ0) is 13.0. The Bertz CT molecular complexity index is 242. The molecule has 0 bridgehead atoms. The van der Waals surface area contributed by atoms with Gasteiger partial charge < -0.3 is 14.7 Å². The molecule has 18 heavy (non-hydrogen) atoms. The van der Waals surface area contributed by atoms with Crippen LogP contribution in [-0.2, 0) is 4.74 Å². The summed E-state index contributed by atoms with van der Waals surface area (Å²) in [5.41, 5.74) is 0. The number of hydrogen-bond donors (Lipinski definition) is 1. The van der Waals surface area contributed by atoms with Gasteiger partial charge in [0, 0.05) is 32.7 Å². The minimum atomic E-state index is -0.332. The van der Waals surface area contributed by atoms with Crippen molar-refractivity contribution >= 4 is 0 Å². The normalized spacial score (nSPS) is 32.8. The van der Waals surface area contributed by atoms with E-state index >= 15 is 0 Å². The molecule has 106 valence electrons. The number of hydrogen-bond acceptors (Lipinski definition) is 4. The van der Waals surface area contributed by atoms with E-state index in [2.05, 4.69) is 23.8 Å². The molecule has 4 nitrogen and oxygen atoms in total. The summed E-state index contributed by atoms with van der Waals surface area (Å²) in [6.45, 7) is 7.85. The number of aliphatic hydroxyl groups excluding tert-OH is 1. The molecule has 3 atom stereocenters. The lowest BCUT2D eigenvalue weighted by atomic mass is 10.1. The summed E-state index contributed by atoms with van der Waals surface area (Å²) in [4.78, 5) is 4.67. The Morgan fingerprint density at radius 2 is 1.94 bits per heavy atom. The maximum Gasteiger partial charge on any atom is 0.0900 e. The van der Waals surface area contributed by atoms with Gasteiger partial charge in [-0.05, 0) is 25.8 Å². The molecule has 4 heteroatoms. The third-order valence-corrected chi connectivity index (χ3v) is 4.35. The monoisotopic (exact) mass is 256 g/mol. The molecule has 2 rings (SSSR count). The Labute approximate surface area is 111 Å². The summed E-state index contributed by atoms with van der Waals surface area (Å²) < 4.78 is 5.85. The third-order valence-electron chi connectivity index (χ3n) is 4.35. The average Bonchev–Trinajstić information content (AvgIpc) is 2.75. The molecule has 1 N–H and O–H groups in total. The maximum absolute atomic E-state index is 10.0. The van der Waals surface area contributed by atoms with Crippen molar-refractivity contribution in [3.05, 3.63) is 0 Å². The molecule has 0 radical (unpaired) electrons. The van der Waals surface area contributed by atoms with E-state index < -0.39 is 0 Å². The van der Waals surface area contributed by atoms with Crippen LogP contribution in [-0.4, -0.2) is 73.5 Å². The fourth-order valence-electron chi connectivity index (χ4n) is 2.97. The van der Waals surface area contributed by atoms with E-state index in [0.29, 0.717) is 18.6 Å². The summed E-state index contributed by atoms with van der Waals surface area (Å²) in [6, 6.07) is 0. The van der Waals surface area contributed by atoms with E-state index in [-0.39, 0.29) is 6.10 Å². The Hall–Kier alpha value is -0.160. The van der Waals surface area contributed by atoms with Gasteiger partial charge in [-0.15, -0.1) is 0 Å². The average molecular weight is 256 g/mol. The van der Waals surface area contributed by atoms with Crippen molar-refractivity contribution in [3.8, 4) is 0 Å². The molecule has 0 aromatic rings. The Balaban J connectivity index is 1.61. The minimum absolute atomic E-state index is 0.332. The standard InChI is InChI=1S/C14H28N2O2/c1-12-4-3-5-14(12)18-11-13(17)10-16-8-6-15(2)7-9-16/h12-14,17H,3-11H2,1-2H3/t12-,13+,14+/m1/s1. The highest BCUT2D eigenvalue weighted by Gasteiger charge is 2.25. The first-order valence-electron chi connectivity index (χ1n) is 7.35. The number of likely N-dealkylation sites (N-methyl/N-ethyl adjacent to an activating group) is 1. The Morgan fingerprint density at radius 3 is 2.56 bits per heavy atom. The zero-order valence-electron chi connectivity index (χ0n) is 11.8. The van der Waals surface area contributed by atoms with Crippen LogP contribution in [0.25, 0.3) is 0 Å². The molecule has 0 unspecified atom stereocenters. The molecule has 1 aliphatic carbocycles. The molecule has 2 aliphatic rings. The summed E-state index contributed by atoms with van der Waals surface area (Å²) in [5.74, 6) is 0.667. The number of nitrogens with zero attached hydrogens (tertiary/aromatic N) is 2. The molecule has 0 aromatic carbocycles. The summed E-state index contributed by atoms with van der Waals surface area (Å²) in [5, 5.41) is 10.0. The Morgan fingerprint density at radius 1 is 1.22 bits per heavy atom. The van der Waals surface area contributed by atoms with Crippen LogP contribution < -0.4 is 0 Å². The van der Waals surface area contributed by atoms with Crippen molar-refractivity contribution in [2.45, 2.75) is 38.4 Å². The molecular weight excluding hydrogens is 228 g/mol. The quantitative estimate of drug-likeness (QED) is 0.789. The van der Waals surface area contributed by atoms with Crippen LogP contribution in [0.3, 0.4) is 0 Å². The molecule has 1 saturated carbocycles. The van der Waals surface area contributed by atoms with Crippen LogP contribution in [0.5, 0.6) is 0 Å². The topological polar surface area (TPSA) is 35.9 Å². The second kappa shape index (κ2) is 6.85. The smallest absolute Gasteiger partial charge is 0.0900 e. The molecule has 1 saturated heterocycles. The molecule has 0 amide bonds. The number of piperazine rings is 1. The lowest BCUT2D eigenvalue weighted by molar-refractivity contribution is -0.0349. The van der Waals surface area contributed by atoms with Gasteiger partial charge >= 0.3 is 0 Å². The number of ether oxygens (including phenoxy) is 1. The van der Waals surface area contributed by atoms with E-state index in [9.17, 15) is 5.11 Å². The number of aliphatic hydroxyl groups is 1. The van der Waals surface area contributed by atoms with Crippen molar-refractivity contribution in [3.63, 3.8) is 0 Å². The van der Waals surface area contributed by atoms with Crippen LogP contribution >= 0.6 is 0 Å². The number of rotatable bonds is 5. The van der Waals surface area contributed by atoms with Gasteiger partial charge in [-0.25, -0.2) is 0 Å². The van der Waals surface area contributed by atoms with Crippen molar-refractivity contribution < 1.29 is 9.84 Å². The maximum atomic E-state index is 10.0. The van der Waals surface area contributed by atoms with Crippen molar-refractivity contribution in [1.82, 2.24) is 9.80 Å². The zero-order valence-corrected chi connectivity index (χ0v) is 11.8. The fraction of sp³-hybridized carbons (Fsp3) is 1.00. The second-order valence-electron chi connectivity index (χ2n) is 6.04. The lowest BCUT2D eigenvalue weighted by Crippen LogP contribution is -2.47. The van der Waals surface area contributed by atoms with Gasteiger partial charge in [0.1, 0.15) is 0 Å². The molecule has 1 heterocycles. The van der Waals surface area contributed by atoms with Crippen LogP contribution in [0.4, 0.5) is 0 Å². The van der Waals surface area contributed by atoms with Gasteiger partial charge in [-0.3, -0.25) is 4.90 Å². The highest BCUT2D eigenvalue weighted by molar-refractivity contribution is 4.76. The van der Waals surface area contributed by atoms with Gasteiger partial charge in [-0.2, -0.15) is 0 Å². The van der Waals surface area contributed by atoms with E-state index in [1.54, 1.807) is 0 Å². The predicted octanol–water partition coefficient (Wildman–Crippen LogP) is 0.800. The van der Waals surface area contributed by atoms with E-state index in [1.807, 2.05) is 0 Å². The second-order valence-corrected chi connectivity index (χ2v) is 6.04. The first-order chi connectivity index (χ1) is 8.65. The van der Waals surface area contributed by atoms with Crippen molar-refractivity contribution in [1.29, 1.82) is 0 Å². The minimum Gasteiger partial charge on any atom is -0.389 e. The van der Waals surface area contributed by atoms with Gasteiger partial charge in [0.25, 0.3) is 0 Å². The lowest BCUT2D eigenvalue weighted by Gasteiger charge is -2.33. The van der Waals surface area contributed by atoms with E-state index in [0.717, 1.165) is 32.7 Å². The molecule has 0 aromatic heterocycles. The highest BCUT2D eigenvalue weighted by Crippen LogP contribution is 2.27. The molecule has 0 spiro atoms. The third kappa shape index (κ3) is 4.19. The van der Waals surface area contributed by atoms with Gasteiger partial charge in [0.05, 0.1) is 18.8 Å². The van der Waals surface area contributed by atoms with Crippen LogP contribution in [0.2, 0.25) is 0 Å². The Kier molecular flexibility index (Phi) is 5.42. The highest BCUT2D eigenvalue weighted by atomic mass is 16.5. The predicted molar refractivity (Wildman–Crippen MR) is 72.7 cm³/mol. The SMILES string of the molecule is C[C@@H]1CCC[C@@H]1OC[C@@H](O)CN1CCN(C)CC1. The summed E-state index contributed by atoms with van der Waals surface area (Å²) in [6.07, 6.45) is 3.77. The molecule has 1 aliphatic heterocycles. The molecular formula is C14H28N2O2. The van der Waals surface area contributed by atoms with Crippen LogP contribution in [0, 0.1) is 5.92 Å². The summed E-state index contributed by atoms with van der Waals surface area (Å²) >= 11 is 0. The summed E-state index contributed by atoms with van der Waals surface area (Å²) in [7, 11) is 2.15. The fourth-order valence-corrected chi connectivity index (χ4v) is 2.97. The number of β-amino-alcohol motifs (C(OH)–C–C–N with tert-alkyl or cyclic N) is 1. The van der Waals surface area contributed by atoms with Gasteiger partial charge in [0.2, 0.25) is 0 Å². The van der Waals surface area contributed by atoms with Crippen molar-refractivity contribution in [2.75, 3.05) is 46.4 Å². The van der Waals surface area contributed by atoms with Gasteiger partial charge in [-0.1, -0.05) is 13.3 Å². The van der Waals surface area contributed by atoms with Crippen LogP contribution in [0.15, 0.2) is 0 Å². The molecule has 2 fully saturated rings. The van der Waals surface area contributed by atoms with Crippen LogP contribution in [0.1, 0.15) is 26.2 Å². The largest absolute Gasteiger partial charge is 0.389 e. The van der Waals surface area contributed by atoms with E-state index in [1.165, 1.54) is 19.3 Å². The van der Waals surface area contributed by atoms with E-state index in [4.69, 9.17) is 4.74 Å². The first-order valence-corrected chi connectivity index (χ1v) is 7.35. The van der Waals surface area contributed by atoms with Crippen molar-refractivity contribution in [2.24, 2.45) is 5.92 Å². The van der Waals surface area contributed by atoms with Gasteiger partial charge in [0.15, 0.2) is 0 Å².